The van der Waals surface area contributed by atoms with Crippen LogP contribution in [-0.4, -0.2) is 51.5 Å². The molecule has 20 heteroatoms. The van der Waals surface area contributed by atoms with E-state index in [9.17, 15) is 0 Å². The second-order valence-electron chi connectivity index (χ2n) is 6.94. The van der Waals surface area contributed by atoms with Gasteiger partial charge in [-0.05, 0) is 12.1 Å². The van der Waals surface area contributed by atoms with Gasteiger partial charge in [0.05, 0.1) is 52.4 Å². The Morgan fingerprint density at radius 2 is 1.37 bits per heavy atom. The van der Waals surface area contributed by atoms with Crippen LogP contribution in [0.4, 0.5) is 0 Å². The molecule has 0 aromatic carbocycles. The molecule has 43 heavy (non-hydrogen) atoms. The van der Waals surface area contributed by atoms with Gasteiger partial charge in [0.25, 0.3) is 6.47 Å². The number of ether oxygens (including phenoxy) is 1. The number of hydrogen-bond donors (Lipinski definition) is 1. The molecule has 0 saturated heterocycles. The molecule has 0 aliphatic carbocycles. The number of nitrogens with zero attached hydrogens (tertiary/aromatic N) is 8. The molecule has 214 valence electrons. The van der Waals surface area contributed by atoms with Crippen molar-refractivity contribution in [3.63, 3.8) is 0 Å². The van der Waals surface area contributed by atoms with Crippen LogP contribution in [0.5, 0.6) is 5.88 Å². The number of pyridine rings is 2. The second-order valence-corrected chi connectivity index (χ2v) is 9.48. The molecular formula is C23H17Cl3K2N8O5S2. The molecule has 13 nitrogen and oxygen atoms in total. The van der Waals surface area contributed by atoms with Crippen molar-refractivity contribution in [3.8, 4) is 5.88 Å². The summed E-state index contributed by atoms with van der Waals surface area (Å²) < 4.78 is 5.51. The third-order valence-corrected chi connectivity index (χ3v) is 6.32. The number of halogens is 3. The quantitative estimate of drug-likeness (QED) is 0.0693. The van der Waals surface area contributed by atoms with Crippen LogP contribution in [-0.2, 0) is 22.9 Å². The number of fused-ring (bicyclic) bond motifs is 2. The van der Waals surface area contributed by atoms with Gasteiger partial charge in [-0.25, -0.2) is 39.9 Å². The Kier molecular flexibility index (Phi) is 21.7. The van der Waals surface area contributed by atoms with Crippen LogP contribution < -0.4 is 113 Å². The maximum Gasteiger partial charge on any atom is 1.00 e. The summed E-state index contributed by atoms with van der Waals surface area (Å²) in [5.74, 6) is 0.442. The Morgan fingerprint density at radius 1 is 0.837 bits per heavy atom. The van der Waals surface area contributed by atoms with Crippen LogP contribution in [0.3, 0.4) is 0 Å². The molecule has 0 atom stereocenters. The van der Waals surface area contributed by atoms with E-state index >= 15 is 0 Å². The van der Waals surface area contributed by atoms with Crippen LogP contribution in [0.1, 0.15) is 12.8 Å². The van der Waals surface area contributed by atoms with E-state index in [2.05, 4.69) is 44.8 Å². The van der Waals surface area contributed by atoms with E-state index in [0.717, 1.165) is 11.4 Å². The average Bonchev–Trinajstić information content (AvgIpc) is 3.72. The zero-order valence-electron chi connectivity index (χ0n) is 23.4. The van der Waals surface area contributed by atoms with Gasteiger partial charge in [-0.2, -0.15) is 0 Å². The summed E-state index contributed by atoms with van der Waals surface area (Å²) in [4.78, 5) is 43.5. The van der Waals surface area contributed by atoms with Crippen LogP contribution in [0.25, 0.3) is 22.1 Å². The first-order valence-corrected chi connectivity index (χ1v) is 13.9. The first-order chi connectivity index (χ1) is 19.9. The first-order valence-electron chi connectivity index (χ1n) is 10.8. The molecule has 6 aromatic heterocycles. The molecule has 6 rings (SSSR count). The fourth-order valence-electron chi connectivity index (χ4n) is 2.63. The molecule has 0 spiro atoms. The Labute approximate surface area is 353 Å². The fourth-order valence-corrected chi connectivity index (χ4v) is 4.26. The smallest absolute Gasteiger partial charge is 1.00 e. The molecule has 1 N–H and O–H groups in total. The summed E-state index contributed by atoms with van der Waals surface area (Å²) in [5, 5.41) is 21.6. The normalized spacial score (nSPS) is 9.42. The maximum absolute atomic E-state index is 8.64. The zero-order valence-corrected chi connectivity index (χ0v) is 32.5. The zero-order chi connectivity index (χ0) is 29.5. The van der Waals surface area contributed by atoms with Gasteiger partial charge in [0.1, 0.15) is 22.8 Å². The Bertz CT molecular complexity index is 1670. The van der Waals surface area contributed by atoms with Crippen LogP contribution in [0.2, 0.25) is 15.5 Å². The van der Waals surface area contributed by atoms with Crippen molar-refractivity contribution in [1.82, 2.24) is 39.9 Å². The third-order valence-electron chi connectivity index (χ3n) is 4.31. The minimum Gasteiger partial charge on any atom is -1.00 e. The van der Waals surface area contributed by atoms with Crippen molar-refractivity contribution in [2.24, 2.45) is 0 Å². The summed E-state index contributed by atoms with van der Waals surface area (Å²) in [5.41, 5.74) is 7.54. The van der Waals surface area contributed by atoms with Crippen molar-refractivity contribution < 1.29 is 129 Å². The average molecular weight is 734 g/mol. The van der Waals surface area contributed by atoms with Gasteiger partial charge >= 0.3 is 103 Å². The molecule has 0 amide bonds. The summed E-state index contributed by atoms with van der Waals surface area (Å²) in [6.45, 7) is 0.256. The van der Waals surface area contributed by atoms with E-state index in [1.807, 2.05) is 10.8 Å². The largest absolute Gasteiger partial charge is 1.00 e. The van der Waals surface area contributed by atoms with E-state index in [0.29, 0.717) is 50.0 Å². The number of aromatic nitrogens is 8. The minimum atomic E-state index is -0.181. The van der Waals surface area contributed by atoms with E-state index in [4.69, 9.17) is 54.7 Å². The molecule has 0 aliphatic heterocycles. The fraction of sp³-hybridized carbons (Fsp3) is 0.0870. The van der Waals surface area contributed by atoms with Crippen LogP contribution in [0, 0.1) is 0 Å². The van der Waals surface area contributed by atoms with Crippen LogP contribution in [0.15, 0.2) is 58.7 Å². The summed E-state index contributed by atoms with van der Waals surface area (Å²) in [7, 11) is 0. The van der Waals surface area contributed by atoms with Gasteiger partial charge in [-0.1, -0.05) is 34.8 Å². The van der Waals surface area contributed by atoms with E-state index in [1.54, 1.807) is 35.5 Å². The monoisotopic (exact) mass is 732 g/mol. The van der Waals surface area contributed by atoms with Crippen molar-refractivity contribution in [1.29, 1.82) is 0 Å². The van der Waals surface area contributed by atoms with Crippen molar-refractivity contribution in [2.75, 3.05) is 0 Å². The SMILES string of the molecule is Clc1cnc2c(Cl)nccc2n1.Clc1nccc2nc(OCc3cscn3)cnc12.O=CO[O-].OCc1cscn1.[H-].[K+].[K+]. The minimum absolute atomic E-state index is 0. The van der Waals surface area contributed by atoms with Crippen LogP contribution >= 0.6 is 57.5 Å². The predicted octanol–water partition coefficient (Wildman–Crippen LogP) is -1.76. The van der Waals surface area contributed by atoms with E-state index in [-0.39, 0.29) is 117 Å². The number of hydrogen-bond acceptors (Lipinski definition) is 15. The molecule has 6 aromatic rings. The van der Waals surface area contributed by atoms with Gasteiger partial charge in [0.15, 0.2) is 10.3 Å². The number of aliphatic hydroxyl groups is 1. The standard InChI is InChI=1S/C11H7ClN4OS.C7H3Cl2N3.C4H5NOS.CH2O3.2K.H/c12-11-10-8(1-2-13-11)16-9(3-14-10)17-4-7-5-18-6-15-7;8-5-3-11-6-4(12-5)1-2-10-7(6)9;6-1-4-2-7-3-5-4;2-1-4-3;;;/h1-3,5-6H,4H2;1-3H;2-3,6H,1H2;1,3H;;;/q;;;;2*+1;-1/p-1. The van der Waals surface area contributed by atoms with Gasteiger partial charge in [-0.3, -0.25) is 4.79 Å². The molecule has 6 heterocycles. The number of carbonyl (C=O) groups excluding carboxylic acids is 1. The van der Waals surface area contributed by atoms with Gasteiger partial charge in [-0.15, -0.1) is 22.7 Å². The number of aliphatic hydroxyl groups excluding tert-OH is 1. The molecule has 0 unspecified atom stereocenters. The van der Waals surface area contributed by atoms with Crippen molar-refractivity contribution in [3.05, 3.63) is 85.5 Å². The molecule has 0 aliphatic rings. The Hall–Kier alpha value is -0.427. The van der Waals surface area contributed by atoms with Crippen molar-refractivity contribution >= 4 is 86.0 Å². The second kappa shape index (κ2) is 23.0. The maximum atomic E-state index is 8.64. The summed E-state index contributed by atoms with van der Waals surface area (Å²) in [6.07, 6.45) is 6.12. The number of carbonyl (C=O) groups is 1. The molecule has 0 radical (unpaired) electrons. The van der Waals surface area contributed by atoms with Crippen molar-refractivity contribution in [2.45, 2.75) is 13.2 Å². The van der Waals surface area contributed by atoms with Gasteiger partial charge < -0.3 is 21.4 Å². The number of thiazole rings is 2. The molecule has 0 saturated carbocycles. The third kappa shape index (κ3) is 14.3. The van der Waals surface area contributed by atoms with Gasteiger partial charge in [0.2, 0.25) is 5.88 Å². The van der Waals surface area contributed by atoms with Gasteiger partial charge in [0, 0.05) is 23.2 Å². The molecule has 0 bridgehead atoms. The Morgan fingerprint density at radius 3 is 1.86 bits per heavy atom. The number of rotatable bonds is 5. The topological polar surface area (TPSA) is 182 Å². The Balaban J connectivity index is 0.000000619. The molecular weight excluding hydrogens is 717 g/mol. The summed E-state index contributed by atoms with van der Waals surface area (Å²) >= 11 is 20.3. The van der Waals surface area contributed by atoms with E-state index in [1.165, 1.54) is 35.1 Å². The van der Waals surface area contributed by atoms with E-state index < -0.39 is 0 Å². The first kappa shape index (κ1) is 40.6. The predicted molar refractivity (Wildman–Crippen MR) is 152 cm³/mol. The summed E-state index contributed by atoms with van der Waals surface area (Å²) in [6, 6.07) is 3.45. The molecule has 0 fully saturated rings.